The van der Waals surface area contributed by atoms with Gasteiger partial charge in [-0.1, -0.05) is 30.1 Å². The second-order valence-electron chi connectivity index (χ2n) is 4.06. The molecule has 16 heavy (non-hydrogen) atoms. The van der Waals surface area contributed by atoms with Crippen molar-refractivity contribution in [2.45, 2.75) is 17.9 Å². The van der Waals surface area contributed by atoms with Gasteiger partial charge in [0.1, 0.15) is 0 Å². The molecule has 2 atom stereocenters. The van der Waals surface area contributed by atoms with Crippen LogP contribution in [0.3, 0.4) is 0 Å². The first-order valence-corrected chi connectivity index (χ1v) is 7.21. The van der Waals surface area contributed by atoms with Gasteiger partial charge in [0, 0.05) is 16.6 Å². The molecule has 0 saturated carbocycles. The Hall–Kier alpha value is -0.290. The van der Waals surface area contributed by atoms with E-state index < -0.39 is 9.84 Å². The van der Waals surface area contributed by atoms with Crippen LogP contribution in [0.5, 0.6) is 0 Å². The quantitative estimate of drug-likeness (QED) is 0.794. The van der Waals surface area contributed by atoms with E-state index in [1.807, 2.05) is 0 Å². The smallest absolute Gasteiger partial charge is 0.180 e. The third kappa shape index (κ3) is 1.74. The zero-order valence-electron chi connectivity index (χ0n) is 8.57. The molecule has 0 saturated heterocycles. The van der Waals surface area contributed by atoms with E-state index in [-0.39, 0.29) is 27.6 Å². The highest BCUT2D eigenvalue weighted by molar-refractivity contribution is 7.91. The van der Waals surface area contributed by atoms with Gasteiger partial charge in [0.15, 0.2) is 9.84 Å². The van der Waals surface area contributed by atoms with E-state index in [4.69, 9.17) is 28.9 Å². The molecular formula is C10H11Cl2NO2S. The predicted octanol–water partition coefficient (Wildman–Crippen LogP) is 2.42. The van der Waals surface area contributed by atoms with Crippen LogP contribution in [0.1, 0.15) is 18.5 Å². The standard InChI is InChI=1S/C10H11Cl2NO2S/c1-5-4-16(14,15)10-7(12)3-2-6(11)8(10)9(5)13/h2-3,5,9H,4,13H2,1H3. The Morgan fingerprint density at radius 2 is 1.88 bits per heavy atom. The largest absolute Gasteiger partial charge is 0.324 e. The highest BCUT2D eigenvalue weighted by atomic mass is 35.5. The van der Waals surface area contributed by atoms with Crippen molar-refractivity contribution in [2.75, 3.05) is 5.75 Å². The summed E-state index contributed by atoms with van der Waals surface area (Å²) in [5, 5.41) is 0.559. The highest BCUT2D eigenvalue weighted by Gasteiger charge is 2.36. The second kappa shape index (κ2) is 3.88. The summed E-state index contributed by atoms with van der Waals surface area (Å²) in [7, 11) is -3.37. The van der Waals surface area contributed by atoms with Crippen molar-refractivity contribution in [2.24, 2.45) is 11.7 Å². The molecule has 0 radical (unpaired) electrons. The maximum absolute atomic E-state index is 12.0. The number of halogens is 2. The molecule has 1 aliphatic rings. The monoisotopic (exact) mass is 279 g/mol. The SMILES string of the molecule is CC1CS(=O)(=O)c2c(Cl)ccc(Cl)c2C1N. The van der Waals surface area contributed by atoms with Crippen LogP contribution in [-0.2, 0) is 9.84 Å². The lowest BCUT2D eigenvalue weighted by Gasteiger charge is -2.29. The van der Waals surface area contributed by atoms with Crippen LogP contribution in [0, 0.1) is 5.92 Å². The minimum absolute atomic E-state index is 0.0151. The molecule has 0 aliphatic carbocycles. The van der Waals surface area contributed by atoms with E-state index in [9.17, 15) is 8.42 Å². The van der Waals surface area contributed by atoms with E-state index in [1.165, 1.54) is 6.07 Å². The van der Waals surface area contributed by atoms with Gasteiger partial charge in [0.25, 0.3) is 0 Å². The Labute approximate surface area is 104 Å². The summed E-state index contributed by atoms with van der Waals surface area (Å²) in [6, 6.07) is 2.68. The summed E-state index contributed by atoms with van der Waals surface area (Å²) in [4.78, 5) is 0.104. The maximum atomic E-state index is 12.0. The summed E-state index contributed by atoms with van der Waals surface area (Å²) >= 11 is 11.9. The van der Waals surface area contributed by atoms with Gasteiger partial charge < -0.3 is 5.73 Å². The summed E-state index contributed by atoms with van der Waals surface area (Å²) in [6.07, 6.45) is 0. The number of sulfone groups is 1. The number of fused-ring (bicyclic) bond motifs is 1. The lowest BCUT2D eigenvalue weighted by atomic mass is 9.96. The molecule has 1 aromatic carbocycles. The first-order chi connectivity index (χ1) is 7.34. The molecule has 6 heteroatoms. The van der Waals surface area contributed by atoms with Crippen LogP contribution in [0.25, 0.3) is 0 Å². The predicted molar refractivity (Wildman–Crippen MR) is 64.6 cm³/mol. The van der Waals surface area contributed by atoms with Gasteiger partial charge in [-0.05, 0) is 18.1 Å². The molecule has 3 nitrogen and oxygen atoms in total. The molecule has 2 rings (SSSR count). The van der Waals surface area contributed by atoms with E-state index in [0.717, 1.165) is 0 Å². The Morgan fingerprint density at radius 3 is 2.50 bits per heavy atom. The molecule has 0 amide bonds. The van der Waals surface area contributed by atoms with Crippen molar-refractivity contribution >= 4 is 33.0 Å². The molecular weight excluding hydrogens is 269 g/mol. The van der Waals surface area contributed by atoms with Crippen molar-refractivity contribution in [1.82, 2.24) is 0 Å². The van der Waals surface area contributed by atoms with Crippen LogP contribution in [0.2, 0.25) is 10.0 Å². The topological polar surface area (TPSA) is 60.2 Å². The molecule has 0 spiro atoms. The molecule has 2 unspecified atom stereocenters. The fourth-order valence-corrected chi connectivity index (χ4v) is 4.86. The number of rotatable bonds is 0. The Kier molecular flexibility index (Phi) is 2.95. The van der Waals surface area contributed by atoms with Crippen LogP contribution in [-0.4, -0.2) is 14.2 Å². The fourth-order valence-electron chi connectivity index (χ4n) is 1.99. The summed E-state index contributed by atoms with van der Waals surface area (Å²) < 4.78 is 24.0. The lowest BCUT2D eigenvalue weighted by Crippen LogP contribution is -2.33. The Bertz CT molecular complexity index is 542. The molecule has 1 aromatic rings. The van der Waals surface area contributed by atoms with Gasteiger partial charge >= 0.3 is 0 Å². The van der Waals surface area contributed by atoms with Crippen molar-refractivity contribution in [3.63, 3.8) is 0 Å². The van der Waals surface area contributed by atoms with Crippen LogP contribution in [0.15, 0.2) is 17.0 Å². The summed E-state index contributed by atoms with van der Waals surface area (Å²) in [6.45, 7) is 1.79. The first kappa shape index (κ1) is 12.2. The summed E-state index contributed by atoms with van der Waals surface area (Å²) in [5.41, 5.74) is 6.42. The molecule has 0 fully saturated rings. The number of hydrogen-bond acceptors (Lipinski definition) is 3. The average molecular weight is 280 g/mol. The average Bonchev–Trinajstić information content (AvgIpc) is 2.17. The molecule has 0 bridgehead atoms. The third-order valence-electron chi connectivity index (χ3n) is 2.83. The van der Waals surface area contributed by atoms with Gasteiger partial charge in [-0.15, -0.1) is 0 Å². The van der Waals surface area contributed by atoms with E-state index in [1.54, 1.807) is 13.0 Å². The van der Waals surface area contributed by atoms with Gasteiger partial charge in [0.05, 0.1) is 15.7 Å². The van der Waals surface area contributed by atoms with Crippen molar-refractivity contribution in [3.05, 3.63) is 27.7 Å². The lowest BCUT2D eigenvalue weighted by molar-refractivity contribution is 0.478. The number of nitrogens with two attached hydrogens (primary N) is 1. The minimum Gasteiger partial charge on any atom is -0.324 e. The third-order valence-corrected chi connectivity index (χ3v) is 5.62. The van der Waals surface area contributed by atoms with Crippen molar-refractivity contribution < 1.29 is 8.42 Å². The van der Waals surface area contributed by atoms with Gasteiger partial charge in [-0.25, -0.2) is 8.42 Å². The molecule has 1 heterocycles. The van der Waals surface area contributed by atoms with E-state index >= 15 is 0 Å². The van der Waals surface area contributed by atoms with Gasteiger partial charge in [0.2, 0.25) is 0 Å². The van der Waals surface area contributed by atoms with Gasteiger partial charge in [-0.2, -0.15) is 0 Å². The molecule has 1 aliphatic heterocycles. The van der Waals surface area contributed by atoms with Crippen molar-refractivity contribution in [3.8, 4) is 0 Å². The van der Waals surface area contributed by atoms with Crippen LogP contribution < -0.4 is 5.73 Å². The van der Waals surface area contributed by atoms with Crippen molar-refractivity contribution in [1.29, 1.82) is 0 Å². The van der Waals surface area contributed by atoms with E-state index in [2.05, 4.69) is 0 Å². The Balaban J connectivity index is 2.83. The zero-order valence-corrected chi connectivity index (χ0v) is 10.9. The fraction of sp³-hybridized carbons (Fsp3) is 0.400. The maximum Gasteiger partial charge on any atom is 0.180 e. The second-order valence-corrected chi connectivity index (χ2v) is 6.84. The molecule has 0 aromatic heterocycles. The number of benzene rings is 1. The Morgan fingerprint density at radius 1 is 1.31 bits per heavy atom. The normalized spacial score (nSPS) is 27.5. The van der Waals surface area contributed by atoms with E-state index in [0.29, 0.717) is 10.6 Å². The zero-order chi connectivity index (χ0) is 12.1. The highest BCUT2D eigenvalue weighted by Crippen LogP contribution is 2.41. The molecule has 2 N–H and O–H groups in total. The molecule has 88 valence electrons. The first-order valence-electron chi connectivity index (χ1n) is 4.81. The van der Waals surface area contributed by atoms with Crippen LogP contribution >= 0.6 is 23.2 Å². The van der Waals surface area contributed by atoms with Gasteiger partial charge in [-0.3, -0.25) is 0 Å². The minimum atomic E-state index is -3.37. The number of hydrogen-bond donors (Lipinski definition) is 1. The van der Waals surface area contributed by atoms with Crippen LogP contribution in [0.4, 0.5) is 0 Å². The summed E-state index contributed by atoms with van der Waals surface area (Å²) in [5.74, 6) is -0.144.